The van der Waals surface area contributed by atoms with E-state index in [1.165, 1.54) is 6.42 Å². The minimum absolute atomic E-state index is 0.0471. The predicted octanol–water partition coefficient (Wildman–Crippen LogP) is 1.18. The van der Waals surface area contributed by atoms with Crippen LogP contribution in [0.25, 0.3) is 0 Å². The number of hydrogen-bond donors (Lipinski definition) is 3. The van der Waals surface area contributed by atoms with E-state index in [2.05, 4.69) is 16.0 Å². The lowest BCUT2D eigenvalue weighted by Crippen LogP contribution is -2.47. The highest BCUT2D eigenvalue weighted by Crippen LogP contribution is 2.23. The topological polar surface area (TPSA) is 90.5 Å². The van der Waals surface area contributed by atoms with E-state index in [-0.39, 0.29) is 29.7 Å². The SMILES string of the molecule is O=C(NCCC(=O)N1CCCC(CNC(=O)C2CCCN2)C1)C1CCCCC1. The van der Waals surface area contributed by atoms with Gasteiger partial charge in [0, 0.05) is 38.5 Å². The zero-order valence-electron chi connectivity index (χ0n) is 17.0. The Morgan fingerprint density at radius 2 is 1.71 bits per heavy atom. The summed E-state index contributed by atoms with van der Waals surface area (Å²) in [5.41, 5.74) is 0. The van der Waals surface area contributed by atoms with Crippen molar-refractivity contribution < 1.29 is 14.4 Å². The second kappa shape index (κ2) is 10.8. The molecular weight excluding hydrogens is 356 g/mol. The van der Waals surface area contributed by atoms with Gasteiger partial charge in [0.05, 0.1) is 6.04 Å². The van der Waals surface area contributed by atoms with Gasteiger partial charge in [0.1, 0.15) is 0 Å². The zero-order valence-corrected chi connectivity index (χ0v) is 17.0. The summed E-state index contributed by atoms with van der Waals surface area (Å²) in [6.45, 7) is 3.47. The molecule has 3 rings (SSSR count). The third-order valence-corrected chi connectivity index (χ3v) is 6.43. The first-order valence-corrected chi connectivity index (χ1v) is 11.2. The van der Waals surface area contributed by atoms with Crippen LogP contribution >= 0.6 is 0 Å². The number of hydrogen-bond acceptors (Lipinski definition) is 4. The molecule has 28 heavy (non-hydrogen) atoms. The van der Waals surface area contributed by atoms with Crippen molar-refractivity contribution in [2.75, 3.05) is 32.7 Å². The fraction of sp³-hybridized carbons (Fsp3) is 0.857. The first-order valence-electron chi connectivity index (χ1n) is 11.2. The Kier molecular flexibility index (Phi) is 8.13. The van der Waals surface area contributed by atoms with E-state index < -0.39 is 0 Å². The van der Waals surface area contributed by atoms with E-state index in [0.29, 0.717) is 32.0 Å². The molecule has 0 bridgehead atoms. The van der Waals surface area contributed by atoms with E-state index in [0.717, 1.165) is 64.5 Å². The largest absolute Gasteiger partial charge is 0.355 e. The van der Waals surface area contributed by atoms with Gasteiger partial charge in [-0.2, -0.15) is 0 Å². The zero-order chi connectivity index (χ0) is 19.8. The van der Waals surface area contributed by atoms with Crippen molar-refractivity contribution in [1.82, 2.24) is 20.9 Å². The molecule has 2 heterocycles. The van der Waals surface area contributed by atoms with Crippen molar-refractivity contribution in [1.29, 1.82) is 0 Å². The highest BCUT2D eigenvalue weighted by molar-refractivity contribution is 5.82. The summed E-state index contributed by atoms with van der Waals surface area (Å²) in [6.07, 6.45) is 9.82. The second-order valence-corrected chi connectivity index (χ2v) is 8.62. The summed E-state index contributed by atoms with van der Waals surface area (Å²) in [7, 11) is 0. The molecule has 3 fully saturated rings. The van der Waals surface area contributed by atoms with Crippen LogP contribution in [-0.2, 0) is 14.4 Å². The van der Waals surface area contributed by atoms with Crippen molar-refractivity contribution in [2.45, 2.75) is 70.3 Å². The molecule has 2 unspecified atom stereocenters. The highest BCUT2D eigenvalue weighted by Gasteiger charge is 2.26. The molecule has 2 saturated heterocycles. The number of carbonyl (C=O) groups is 3. The molecule has 1 saturated carbocycles. The number of carbonyl (C=O) groups excluding carboxylic acids is 3. The van der Waals surface area contributed by atoms with Crippen LogP contribution in [0.3, 0.4) is 0 Å². The van der Waals surface area contributed by atoms with E-state index in [4.69, 9.17) is 0 Å². The Balaban J connectivity index is 1.33. The van der Waals surface area contributed by atoms with Gasteiger partial charge >= 0.3 is 0 Å². The van der Waals surface area contributed by atoms with Crippen molar-refractivity contribution in [2.24, 2.45) is 11.8 Å². The molecule has 2 atom stereocenters. The maximum atomic E-state index is 12.5. The van der Waals surface area contributed by atoms with Crippen molar-refractivity contribution >= 4 is 17.7 Å². The van der Waals surface area contributed by atoms with E-state index in [1.54, 1.807) is 0 Å². The third-order valence-electron chi connectivity index (χ3n) is 6.43. The van der Waals surface area contributed by atoms with Crippen molar-refractivity contribution in [3.63, 3.8) is 0 Å². The van der Waals surface area contributed by atoms with E-state index >= 15 is 0 Å². The lowest BCUT2D eigenvalue weighted by atomic mass is 9.89. The number of likely N-dealkylation sites (tertiary alicyclic amines) is 1. The maximum Gasteiger partial charge on any atom is 0.237 e. The van der Waals surface area contributed by atoms with Gasteiger partial charge in [-0.1, -0.05) is 19.3 Å². The normalized spacial score (nSPS) is 26.1. The molecular formula is C21H36N4O3. The molecule has 0 aromatic rings. The van der Waals surface area contributed by atoms with Crippen LogP contribution in [0, 0.1) is 11.8 Å². The number of nitrogens with one attached hydrogen (secondary N) is 3. The van der Waals surface area contributed by atoms with Gasteiger partial charge in [0.2, 0.25) is 17.7 Å². The minimum Gasteiger partial charge on any atom is -0.355 e. The van der Waals surface area contributed by atoms with Crippen LogP contribution in [0.5, 0.6) is 0 Å². The highest BCUT2D eigenvalue weighted by atomic mass is 16.2. The van der Waals surface area contributed by atoms with E-state index in [1.807, 2.05) is 4.90 Å². The van der Waals surface area contributed by atoms with Crippen LogP contribution in [0.1, 0.15) is 64.2 Å². The number of nitrogens with zero attached hydrogens (tertiary/aromatic N) is 1. The first kappa shape index (κ1) is 21.1. The maximum absolute atomic E-state index is 12.5. The van der Waals surface area contributed by atoms with Gasteiger partial charge in [-0.3, -0.25) is 14.4 Å². The fourth-order valence-corrected chi connectivity index (χ4v) is 4.69. The van der Waals surface area contributed by atoms with Gasteiger partial charge in [-0.25, -0.2) is 0 Å². The molecule has 3 N–H and O–H groups in total. The van der Waals surface area contributed by atoms with Crippen LogP contribution in [-0.4, -0.2) is 61.4 Å². The standard InChI is InChI=1S/C21H36N4O3/c26-19(10-12-23-20(27)17-7-2-1-3-8-17)25-13-5-6-16(15-25)14-24-21(28)18-9-4-11-22-18/h16-18,22H,1-15H2,(H,23,27)(H,24,28). The Morgan fingerprint density at radius 3 is 2.46 bits per heavy atom. The number of rotatable bonds is 7. The lowest BCUT2D eigenvalue weighted by Gasteiger charge is -2.33. The molecule has 0 radical (unpaired) electrons. The average molecular weight is 393 g/mol. The Hall–Kier alpha value is -1.63. The minimum atomic E-state index is -0.0471. The molecule has 3 aliphatic rings. The number of amides is 3. The smallest absolute Gasteiger partial charge is 0.237 e. The summed E-state index contributed by atoms with van der Waals surface area (Å²) in [5, 5.41) is 9.22. The van der Waals surface area contributed by atoms with Crippen LogP contribution in [0.4, 0.5) is 0 Å². The molecule has 3 amide bonds. The summed E-state index contributed by atoms with van der Waals surface area (Å²) < 4.78 is 0. The second-order valence-electron chi connectivity index (χ2n) is 8.62. The van der Waals surface area contributed by atoms with Crippen LogP contribution in [0.2, 0.25) is 0 Å². The fourth-order valence-electron chi connectivity index (χ4n) is 4.69. The quantitative estimate of drug-likeness (QED) is 0.607. The average Bonchev–Trinajstić information content (AvgIpc) is 3.28. The summed E-state index contributed by atoms with van der Waals surface area (Å²) in [6, 6.07) is -0.0471. The van der Waals surface area contributed by atoms with Crippen LogP contribution in [0.15, 0.2) is 0 Å². The van der Waals surface area contributed by atoms with Gasteiger partial charge < -0.3 is 20.9 Å². The number of piperidine rings is 1. The Labute approximate surface area is 168 Å². The van der Waals surface area contributed by atoms with Crippen molar-refractivity contribution in [3.05, 3.63) is 0 Å². The molecule has 7 nitrogen and oxygen atoms in total. The van der Waals surface area contributed by atoms with Gasteiger partial charge in [0.25, 0.3) is 0 Å². The molecule has 0 aromatic carbocycles. The van der Waals surface area contributed by atoms with E-state index in [9.17, 15) is 14.4 Å². The van der Waals surface area contributed by atoms with Gasteiger partial charge in [-0.15, -0.1) is 0 Å². The Bertz CT molecular complexity index is 542. The van der Waals surface area contributed by atoms with Crippen LogP contribution < -0.4 is 16.0 Å². The summed E-state index contributed by atoms with van der Waals surface area (Å²) >= 11 is 0. The third kappa shape index (κ3) is 6.19. The molecule has 1 aliphatic carbocycles. The molecule has 0 spiro atoms. The van der Waals surface area contributed by atoms with Gasteiger partial charge in [0.15, 0.2) is 0 Å². The molecule has 158 valence electrons. The monoisotopic (exact) mass is 392 g/mol. The Morgan fingerprint density at radius 1 is 0.893 bits per heavy atom. The summed E-state index contributed by atoms with van der Waals surface area (Å²) in [5.74, 6) is 0.775. The van der Waals surface area contributed by atoms with Gasteiger partial charge in [-0.05, 0) is 51.0 Å². The predicted molar refractivity (Wildman–Crippen MR) is 108 cm³/mol. The molecule has 0 aromatic heterocycles. The molecule has 2 aliphatic heterocycles. The molecule has 7 heteroatoms. The summed E-state index contributed by atoms with van der Waals surface area (Å²) in [4.78, 5) is 38.8. The lowest BCUT2D eigenvalue weighted by molar-refractivity contribution is -0.133. The van der Waals surface area contributed by atoms with Crippen molar-refractivity contribution in [3.8, 4) is 0 Å². The first-order chi connectivity index (χ1) is 13.6.